The molecule has 1 aliphatic rings. The summed E-state index contributed by atoms with van der Waals surface area (Å²) in [6.07, 6.45) is -0.0518. The number of rotatable bonds is 3. The molecule has 0 amide bonds. The van der Waals surface area contributed by atoms with Crippen molar-refractivity contribution in [3.63, 3.8) is 0 Å². The first-order chi connectivity index (χ1) is 10.0. The van der Waals surface area contributed by atoms with Gasteiger partial charge in [0.1, 0.15) is 11.5 Å². The zero-order valence-electron chi connectivity index (χ0n) is 11.6. The average Bonchev–Trinajstić information content (AvgIpc) is 2.96. The van der Waals surface area contributed by atoms with Gasteiger partial charge in [0.15, 0.2) is 17.0 Å². The summed E-state index contributed by atoms with van der Waals surface area (Å²) < 4.78 is 1.74. The maximum Gasteiger partial charge on any atom is 0.226 e. The SMILES string of the molecule is CCNc1nc(Cl)nc2c1ncn2[C@H]1S[C@@H](C)[C@@H](O)[C@H]1O. The molecule has 7 nitrogen and oxygen atoms in total. The van der Waals surface area contributed by atoms with Crippen molar-refractivity contribution in [3.8, 4) is 0 Å². The number of thioether (sulfide) groups is 1. The van der Waals surface area contributed by atoms with E-state index in [4.69, 9.17) is 11.6 Å². The third kappa shape index (κ3) is 2.46. The van der Waals surface area contributed by atoms with Crippen molar-refractivity contribution in [2.24, 2.45) is 0 Å². The molecule has 2 aromatic rings. The number of nitrogens with zero attached hydrogens (tertiary/aromatic N) is 4. The first-order valence-electron chi connectivity index (χ1n) is 6.68. The van der Waals surface area contributed by atoms with Crippen molar-refractivity contribution in [3.05, 3.63) is 11.6 Å². The minimum Gasteiger partial charge on any atom is -0.389 e. The van der Waals surface area contributed by atoms with Gasteiger partial charge in [0.05, 0.1) is 12.4 Å². The number of hydrogen-bond acceptors (Lipinski definition) is 7. The Hall–Kier alpha value is -1.09. The molecular formula is C12H16ClN5O2S. The Morgan fingerprint density at radius 3 is 2.76 bits per heavy atom. The summed E-state index contributed by atoms with van der Waals surface area (Å²) in [7, 11) is 0. The van der Waals surface area contributed by atoms with Gasteiger partial charge in [-0.1, -0.05) is 6.92 Å². The van der Waals surface area contributed by atoms with Crippen molar-refractivity contribution in [2.45, 2.75) is 36.7 Å². The summed E-state index contributed by atoms with van der Waals surface area (Å²) in [5, 5.41) is 22.9. The van der Waals surface area contributed by atoms with E-state index in [2.05, 4.69) is 20.3 Å². The van der Waals surface area contributed by atoms with Gasteiger partial charge in [-0.25, -0.2) is 4.98 Å². The molecule has 1 fully saturated rings. The van der Waals surface area contributed by atoms with E-state index in [0.717, 1.165) is 0 Å². The highest BCUT2D eigenvalue weighted by Gasteiger charge is 2.41. The third-order valence-corrected chi connectivity index (χ3v) is 5.15. The normalized spacial score (nSPS) is 29.2. The third-order valence-electron chi connectivity index (χ3n) is 3.49. The molecule has 0 saturated carbocycles. The Balaban J connectivity index is 2.08. The molecule has 0 unspecified atom stereocenters. The molecule has 4 atom stereocenters. The van der Waals surface area contributed by atoms with Gasteiger partial charge in [0.25, 0.3) is 0 Å². The fraction of sp³-hybridized carbons (Fsp3) is 0.583. The first-order valence-corrected chi connectivity index (χ1v) is 8.00. The average molecular weight is 330 g/mol. The standard InChI is InChI=1S/C12H16ClN5O2S/c1-3-14-9-6-10(17-12(13)16-9)18(4-15-6)11-8(20)7(19)5(2)21-11/h4-5,7-8,11,19-20H,3H2,1-2H3,(H,14,16,17)/t5-,7+,8+,11-/m0/s1. The van der Waals surface area contributed by atoms with Gasteiger partial charge < -0.3 is 15.5 Å². The molecule has 3 heterocycles. The van der Waals surface area contributed by atoms with Crippen LogP contribution < -0.4 is 5.32 Å². The van der Waals surface area contributed by atoms with Crippen LogP contribution in [0.4, 0.5) is 5.82 Å². The summed E-state index contributed by atoms with van der Waals surface area (Å²) >= 11 is 7.45. The Bertz CT molecular complexity index is 666. The Labute approximate surface area is 130 Å². The van der Waals surface area contributed by atoms with Gasteiger partial charge in [0, 0.05) is 11.8 Å². The summed E-state index contributed by atoms with van der Waals surface area (Å²) in [5.74, 6) is 0.567. The maximum atomic E-state index is 10.2. The second kappa shape index (κ2) is 5.60. The van der Waals surface area contributed by atoms with Crippen LogP contribution >= 0.6 is 23.4 Å². The maximum absolute atomic E-state index is 10.2. The number of fused-ring (bicyclic) bond motifs is 1. The van der Waals surface area contributed by atoms with Crippen molar-refractivity contribution in [2.75, 3.05) is 11.9 Å². The number of aliphatic hydroxyl groups is 2. The van der Waals surface area contributed by atoms with E-state index in [1.807, 2.05) is 13.8 Å². The van der Waals surface area contributed by atoms with Crippen molar-refractivity contribution in [1.29, 1.82) is 0 Å². The van der Waals surface area contributed by atoms with E-state index in [1.54, 1.807) is 10.9 Å². The number of aliphatic hydroxyl groups excluding tert-OH is 2. The zero-order chi connectivity index (χ0) is 15.1. The van der Waals surface area contributed by atoms with Gasteiger partial charge >= 0.3 is 0 Å². The quantitative estimate of drug-likeness (QED) is 0.730. The molecule has 0 spiro atoms. The van der Waals surface area contributed by atoms with Gasteiger partial charge in [0.2, 0.25) is 5.28 Å². The van der Waals surface area contributed by atoms with Crippen LogP contribution in [0.25, 0.3) is 11.2 Å². The zero-order valence-corrected chi connectivity index (χ0v) is 13.1. The van der Waals surface area contributed by atoms with E-state index in [0.29, 0.717) is 23.5 Å². The van der Waals surface area contributed by atoms with Gasteiger partial charge in [-0.15, -0.1) is 11.8 Å². The van der Waals surface area contributed by atoms with Crippen LogP contribution in [0, 0.1) is 0 Å². The van der Waals surface area contributed by atoms with E-state index < -0.39 is 12.2 Å². The Morgan fingerprint density at radius 2 is 2.14 bits per heavy atom. The molecule has 1 saturated heterocycles. The number of hydrogen-bond donors (Lipinski definition) is 3. The topological polar surface area (TPSA) is 96.1 Å². The fourth-order valence-electron chi connectivity index (χ4n) is 2.42. The molecule has 2 aromatic heterocycles. The van der Waals surface area contributed by atoms with Crippen LogP contribution in [0.3, 0.4) is 0 Å². The monoisotopic (exact) mass is 329 g/mol. The second-order valence-electron chi connectivity index (χ2n) is 4.91. The Kier molecular flexibility index (Phi) is 3.96. The van der Waals surface area contributed by atoms with Crippen molar-refractivity contribution in [1.82, 2.24) is 19.5 Å². The molecule has 1 aliphatic heterocycles. The fourth-order valence-corrected chi connectivity index (χ4v) is 3.96. The molecular weight excluding hydrogens is 314 g/mol. The lowest BCUT2D eigenvalue weighted by Gasteiger charge is -2.17. The number of nitrogens with one attached hydrogen (secondary N) is 1. The molecule has 0 aromatic carbocycles. The molecule has 3 N–H and O–H groups in total. The molecule has 0 bridgehead atoms. The van der Waals surface area contributed by atoms with Crippen LogP contribution in [0.15, 0.2) is 6.33 Å². The number of imidazole rings is 1. The number of halogens is 1. The Morgan fingerprint density at radius 1 is 1.38 bits per heavy atom. The van der Waals surface area contributed by atoms with Gasteiger partial charge in [-0.2, -0.15) is 9.97 Å². The van der Waals surface area contributed by atoms with Gasteiger partial charge in [-0.05, 0) is 18.5 Å². The van der Waals surface area contributed by atoms with Crippen LogP contribution in [-0.4, -0.2) is 53.7 Å². The van der Waals surface area contributed by atoms with Crippen LogP contribution in [0.2, 0.25) is 5.28 Å². The summed E-state index contributed by atoms with van der Waals surface area (Å²) in [4.78, 5) is 12.7. The molecule has 3 rings (SSSR count). The van der Waals surface area contributed by atoms with E-state index >= 15 is 0 Å². The lowest BCUT2D eigenvalue weighted by Crippen LogP contribution is -2.30. The first kappa shape index (κ1) is 14.8. The smallest absolute Gasteiger partial charge is 0.226 e. The van der Waals surface area contributed by atoms with Crippen LogP contribution in [-0.2, 0) is 0 Å². The summed E-state index contributed by atoms with van der Waals surface area (Å²) in [6.45, 7) is 4.52. The largest absolute Gasteiger partial charge is 0.389 e. The van der Waals surface area contributed by atoms with Crippen molar-refractivity contribution < 1.29 is 10.2 Å². The van der Waals surface area contributed by atoms with E-state index in [9.17, 15) is 10.2 Å². The lowest BCUT2D eigenvalue weighted by molar-refractivity contribution is 0.0206. The molecule has 0 radical (unpaired) electrons. The molecule has 114 valence electrons. The predicted molar refractivity (Wildman–Crippen MR) is 82.6 cm³/mol. The minimum absolute atomic E-state index is 0.0620. The van der Waals surface area contributed by atoms with Gasteiger partial charge in [-0.3, -0.25) is 4.57 Å². The van der Waals surface area contributed by atoms with Crippen LogP contribution in [0.1, 0.15) is 19.2 Å². The van der Waals surface area contributed by atoms with Crippen LogP contribution in [0.5, 0.6) is 0 Å². The number of aromatic nitrogens is 4. The highest BCUT2D eigenvalue weighted by molar-refractivity contribution is 8.00. The molecule has 0 aliphatic carbocycles. The van der Waals surface area contributed by atoms with E-state index in [1.165, 1.54) is 11.8 Å². The second-order valence-corrected chi connectivity index (χ2v) is 6.75. The number of anilines is 1. The minimum atomic E-state index is -0.876. The predicted octanol–water partition coefficient (Wildman–Crippen LogP) is 1.27. The molecule has 9 heteroatoms. The summed E-state index contributed by atoms with van der Waals surface area (Å²) in [5.41, 5.74) is 1.15. The highest BCUT2D eigenvalue weighted by Crippen LogP contribution is 2.43. The summed E-state index contributed by atoms with van der Waals surface area (Å²) in [6, 6.07) is 0. The lowest BCUT2D eigenvalue weighted by atomic mass is 10.1. The molecule has 21 heavy (non-hydrogen) atoms. The van der Waals surface area contributed by atoms with Crippen molar-refractivity contribution >= 4 is 40.3 Å². The van der Waals surface area contributed by atoms with E-state index in [-0.39, 0.29) is 15.9 Å². The highest BCUT2D eigenvalue weighted by atomic mass is 35.5.